The largest absolute Gasteiger partial charge is 0.507 e. The second-order valence-electron chi connectivity index (χ2n) is 4.02. The summed E-state index contributed by atoms with van der Waals surface area (Å²) in [6.45, 7) is 0. The minimum atomic E-state index is -0.198. The molecule has 0 unspecified atom stereocenters. The molecule has 3 rings (SSSR count). The van der Waals surface area contributed by atoms with E-state index in [0.29, 0.717) is 11.1 Å². The van der Waals surface area contributed by atoms with E-state index in [4.69, 9.17) is 4.42 Å². The van der Waals surface area contributed by atoms with E-state index < -0.39 is 0 Å². The van der Waals surface area contributed by atoms with Crippen molar-refractivity contribution in [1.29, 1.82) is 0 Å². The van der Waals surface area contributed by atoms with Gasteiger partial charge in [0.25, 0.3) is 0 Å². The van der Waals surface area contributed by atoms with E-state index in [1.54, 1.807) is 48.7 Å². The maximum absolute atomic E-state index is 12.2. The lowest BCUT2D eigenvalue weighted by Crippen LogP contribution is -2.01. The van der Waals surface area contributed by atoms with Gasteiger partial charge in [-0.05, 0) is 36.4 Å². The maximum atomic E-state index is 12.2. The highest BCUT2D eigenvalue weighted by molar-refractivity contribution is 6.11. The summed E-state index contributed by atoms with van der Waals surface area (Å²) in [7, 11) is 0. The van der Waals surface area contributed by atoms with E-state index in [9.17, 15) is 9.90 Å². The van der Waals surface area contributed by atoms with Crippen molar-refractivity contribution >= 4 is 16.8 Å². The topological polar surface area (TPSA) is 50.4 Å². The molecule has 3 aromatic rings. The van der Waals surface area contributed by atoms with Crippen molar-refractivity contribution in [3.8, 4) is 5.75 Å². The first-order chi connectivity index (χ1) is 8.75. The first-order valence-electron chi connectivity index (χ1n) is 5.55. The summed E-state index contributed by atoms with van der Waals surface area (Å²) >= 11 is 0. The first-order valence-corrected chi connectivity index (χ1v) is 5.55. The SMILES string of the molecule is O=C(c1ccc2occc2c1)c1ccccc1O. The fourth-order valence-corrected chi connectivity index (χ4v) is 1.93. The highest BCUT2D eigenvalue weighted by Gasteiger charge is 2.13. The van der Waals surface area contributed by atoms with Crippen LogP contribution in [0.4, 0.5) is 0 Å². The number of para-hydroxylation sites is 1. The Hall–Kier alpha value is -2.55. The molecule has 1 heterocycles. The standard InChI is InChI=1S/C15H10O3/c16-13-4-2-1-3-12(13)15(17)11-5-6-14-10(9-11)7-8-18-14/h1-9,16H. The van der Waals surface area contributed by atoms with E-state index in [0.717, 1.165) is 11.0 Å². The number of aromatic hydroxyl groups is 1. The van der Waals surface area contributed by atoms with Crippen LogP contribution in [0.2, 0.25) is 0 Å². The second kappa shape index (κ2) is 4.04. The van der Waals surface area contributed by atoms with Gasteiger partial charge < -0.3 is 9.52 Å². The number of rotatable bonds is 2. The highest BCUT2D eigenvalue weighted by atomic mass is 16.3. The van der Waals surface area contributed by atoms with E-state index >= 15 is 0 Å². The second-order valence-corrected chi connectivity index (χ2v) is 4.02. The van der Waals surface area contributed by atoms with Gasteiger partial charge in [-0.2, -0.15) is 0 Å². The molecule has 1 aromatic heterocycles. The quantitative estimate of drug-likeness (QED) is 0.696. The molecule has 0 aliphatic heterocycles. The number of furan rings is 1. The van der Waals surface area contributed by atoms with Gasteiger partial charge in [-0.3, -0.25) is 4.79 Å². The number of ketones is 1. The van der Waals surface area contributed by atoms with Crippen molar-refractivity contribution < 1.29 is 14.3 Å². The molecule has 0 saturated heterocycles. The highest BCUT2D eigenvalue weighted by Crippen LogP contribution is 2.23. The smallest absolute Gasteiger partial charge is 0.196 e. The predicted molar refractivity (Wildman–Crippen MR) is 67.8 cm³/mol. The van der Waals surface area contributed by atoms with Crippen molar-refractivity contribution in [1.82, 2.24) is 0 Å². The maximum Gasteiger partial charge on any atom is 0.196 e. The summed E-state index contributed by atoms with van der Waals surface area (Å²) in [4.78, 5) is 12.2. The molecule has 1 N–H and O–H groups in total. The number of carbonyl (C=O) groups excluding carboxylic acids is 1. The van der Waals surface area contributed by atoms with Gasteiger partial charge >= 0.3 is 0 Å². The number of hydrogen-bond acceptors (Lipinski definition) is 3. The molecule has 18 heavy (non-hydrogen) atoms. The third kappa shape index (κ3) is 1.66. The molecule has 3 heteroatoms. The molecule has 0 amide bonds. The Morgan fingerprint density at radius 2 is 1.89 bits per heavy atom. The zero-order chi connectivity index (χ0) is 12.5. The molecule has 0 fully saturated rings. The number of carbonyl (C=O) groups is 1. The van der Waals surface area contributed by atoms with Crippen LogP contribution < -0.4 is 0 Å². The lowest BCUT2D eigenvalue weighted by molar-refractivity contribution is 0.103. The van der Waals surface area contributed by atoms with Gasteiger partial charge in [-0.15, -0.1) is 0 Å². The predicted octanol–water partition coefficient (Wildman–Crippen LogP) is 3.37. The van der Waals surface area contributed by atoms with Crippen molar-refractivity contribution in [2.75, 3.05) is 0 Å². The Balaban J connectivity index is 2.09. The van der Waals surface area contributed by atoms with Crippen molar-refractivity contribution in [3.05, 3.63) is 65.9 Å². The Kier molecular flexibility index (Phi) is 2.38. The van der Waals surface area contributed by atoms with E-state index in [1.807, 2.05) is 0 Å². The molecule has 0 saturated carbocycles. The summed E-state index contributed by atoms with van der Waals surface area (Å²) in [5.74, 6) is -0.203. The van der Waals surface area contributed by atoms with Gasteiger partial charge in [-0.1, -0.05) is 12.1 Å². The zero-order valence-electron chi connectivity index (χ0n) is 9.46. The Morgan fingerprint density at radius 3 is 2.72 bits per heavy atom. The fourth-order valence-electron chi connectivity index (χ4n) is 1.93. The number of benzene rings is 2. The molecule has 0 atom stereocenters. The van der Waals surface area contributed by atoms with Crippen LogP contribution in [-0.4, -0.2) is 10.9 Å². The van der Waals surface area contributed by atoms with Gasteiger partial charge in [0.2, 0.25) is 0 Å². The molecule has 88 valence electrons. The molecule has 0 aliphatic carbocycles. The summed E-state index contributed by atoms with van der Waals surface area (Å²) in [5, 5.41) is 10.5. The van der Waals surface area contributed by atoms with Gasteiger partial charge in [0.05, 0.1) is 11.8 Å². The van der Waals surface area contributed by atoms with Gasteiger partial charge in [0, 0.05) is 10.9 Å². The molecule has 0 radical (unpaired) electrons. The van der Waals surface area contributed by atoms with Crippen LogP contribution in [-0.2, 0) is 0 Å². The van der Waals surface area contributed by atoms with Crippen LogP contribution in [0.15, 0.2) is 59.2 Å². The third-order valence-electron chi connectivity index (χ3n) is 2.86. The average Bonchev–Trinajstić information content (AvgIpc) is 2.85. The van der Waals surface area contributed by atoms with Crippen LogP contribution in [0.1, 0.15) is 15.9 Å². The molecular formula is C15H10O3. The fraction of sp³-hybridized carbons (Fsp3) is 0. The van der Waals surface area contributed by atoms with Crippen molar-refractivity contribution in [2.45, 2.75) is 0 Å². The van der Waals surface area contributed by atoms with E-state index in [2.05, 4.69) is 0 Å². The number of fused-ring (bicyclic) bond motifs is 1. The molecule has 0 aliphatic rings. The number of phenolic OH excluding ortho intramolecular Hbond substituents is 1. The minimum absolute atomic E-state index is 0.00482. The third-order valence-corrected chi connectivity index (χ3v) is 2.86. The lowest BCUT2D eigenvalue weighted by Gasteiger charge is -2.03. The van der Waals surface area contributed by atoms with Crippen LogP contribution >= 0.6 is 0 Å². The Morgan fingerprint density at radius 1 is 1.06 bits per heavy atom. The molecule has 0 bridgehead atoms. The number of phenols is 1. The minimum Gasteiger partial charge on any atom is -0.507 e. The summed E-state index contributed by atoms with van der Waals surface area (Å²) < 4.78 is 5.22. The Labute approximate surface area is 103 Å². The van der Waals surface area contributed by atoms with Crippen LogP contribution in [0.5, 0.6) is 5.75 Å². The monoisotopic (exact) mass is 238 g/mol. The van der Waals surface area contributed by atoms with Crippen molar-refractivity contribution in [2.24, 2.45) is 0 Å². The Bertz CT molecular complexity index is 725. The van der Waals surface area contributed by atoms with Gasteiger partial charge in [-0.25, -0.2) is 0 Å². The van der Waals surface area contributed by atoms with Crippen LogP contribution in [0, 0.1) is 0 Å². The molecule has 2 aromatic carbocycles. The number of hydrogen-bond donors (Lipinski definition) is 1. The molecule has 0 spiro atoms. The molecular weight excluding hydrogens is 228 g/mol. The van der Waals surface area contributed by atoms with E-state index in [1.165, 1.54) is 6.07 Å². The van der Waals surface area contributed by atoms with Crippen molar-refractivity contribution in [3.63, 3.8) is 0 Å². The average molecular weight is 238 g/mol. The summed E-state index contributed by atoms with van der Waals surface area (Å²) in [6.07, 6.45) is 1.58. The molecule has 3 nitrogen and oxygen atoms in total. The van der Waals surface area contributed by atoms with Crippen LogP contribution in [0.25, 0.3) is 11.0 Å². The first kappa shape index (κ1) is 10.6. The van der Waals surface area contributed by atoms with Gasteiger partial charge in [0.1, 0.15) is 11.3 Å². The lowest BCUT2D eigenvalue weighted by atomic mass is 10.0. The summed E-state index contributed by atoms with van der Waals surface area (Å²) in [5.41, 5.74) is 1.58. The zero-order valence-corrected chi connectivity index (χ0v) is 9.46. The van der Waals surface area contributed by atoms with E-state index in [-0.39, 0.29) is 11.5 Å². The summed E-state index contributed by atoms with van der Waals surface area (Å²) in [6, 6.07) is 13.5. The normalized spacial score (nSPS) is 10.7. The van der Waals surface area contributed by atoms with Crippen LogP contribution in [0.3, 0.4) is 0 Å². The van der Waals surface area contributed by atoms with Gasteiger partial charge in [0.15, 0.2) is 5.78 Å².